The lowest BCUT2D eigenvalue weighted by Crippen LogP contribution is -2.39. The van der Waals surface area contributed by atoms with E-state index in [2.05, 4.69) is 11.1 Å². The standard InChI is InChI=1S/C17H17FN2O2/c1-2-7-17(16(21)22)8-3-4-11-13-10(9-19)5-6-12(18)14(13)20-15(11)17/h5-6,20H,2-4,7-8H2,1H3,(H,21,22). The molecule has 0 saturated carbocycles. The fourth-order valence-electron chi connectivity index (χ4n) is 3.78. The van der Waals surface area contributed by atoms with Crippen LogP contribution in [0, 0.1) is 17.1 Å². The molecule has 0 amide bonds. The quantitative estimate of drug-likeness (QED) is 0.908. The summed E-state index contributed by atoms with van der Waals surface area (Å²) in [7, 11) is 0. The predicted octanol–water partition coefficient (Wildman–Crippen LogP) is 3.64. The van der Waals surface area contributed by atoms with E-state index in [1.807, 2.05) is 6.92 Å². The molecule has 0 radical (unpaired) electrons. The van der Waals surface area contributed by atoms with Gasteiger partial charge in [-0.05, 0) is 43.4 Å². The SMILES string of the molecule is CCCC1(C(=O)O)CCCc2c1[nH]c1c(F)ccc(C#N)c21. The van der Waals surface area contributed by atoms with Gasteiger partial charge in [-0.1, -0.05) is 13.3 Å². The molecule has 0 spiro atoms. The second-order valence-corrected chi connectivity index (χ2v) is 5.93. The fourth-order valence-corrected chi connectivity index (χ4v) is 3.78. The topological polar surface area (TPSA) is 76.9 Å². The summed E-state index contributed by atoms with van der Waals surface area (Å²) >= 11 is 0. The maximum absolute atomic E-state index is 14.1. The van der Waals surface area contributed by atoms with E-state index in [-0.39, 0.29) is 5.52 Å². The van der Waals surface area contributed by atoms with Gasteiger partial charge in [-0.15, -0.1) is 0 Å². The van der Waals surface area contributed by atoms with Crippen LogP contribution in [0.1, 0.15) is 49.4 Å². The minimum atomic E-state index is -0.999. The van der Waals surface area contributed by atoms with Crippen LogP contribution in [0.25, 0.3) is 10.9 Å². The Morgan fingerprint density at radius 2 is 2.32 bits per heavy atom. The van der Waals surface area contributed by atoms with Crippen LogP contribution in [0.4, 0.5) is 4.39 Å². The van der Waals surface area contributed by atoms with Gasteiger partial charge in [-0.3, -0.25) is 4.79 Å². The number of hydrogen-bond donors (Lipinski definition) is 2. The van der Waals surface area contributed by atoms with E-state index in [1.165, 1.54) is 12.1 Å². The summed E-state index contributed by atoms with van der Waals surface area (Å²) < 4.78 is 14.1. The van der Waals surface area contributed by atoms with Crippen LogP contribution in [0.2, 0.25) is 0 Å². The highest BCUT2D eigenvalue weighted by Crippen LogP contribution is 2.44. The third kappa shape index (κ3) is 1.83. The van der Waals surface area contributed by atoms with Gasteiger partial charge >= 0.3 is 5.97 Å². The van der Waals surface area contributed by atoms with E-state index >= 15 is 0 Å². The Morgan fingerprint density at radius 1 is 1.55 bits per heavy atom. The summed E-state index contributed by atoms with van der Waals surface area (Å²) in [6.45, 7) is 1.95. The van der Waals surface area contributed by atoms with Gasteiger partial charge in [0.2, 0.25) is 0 Å². The highest BCUT2D eigenvalue weighted by molar-refractivity contribution is 5.94. The number of aromatic amines is 1. The van der Waals surface area contributed by atoms with Crippen LogP contribution in [0.15, 0.2) is 12.1 Å². The lowest BCUT2D eigenvalue weighted by Gasteiger charge is -2.33. The number of H-pyrrole nitrogens is 1. The van der Waals surface area contributed by atoms with Crippen molar-refractivity contribution in [2.45, 2.75) is 44.4 Å². The monoisotopic (exact) mass is 300 g/mol. The molecule has 2 N–H and O–H groups in total. The van der Waals surface area contributed by atoms with E-state index in [1.54, 1.807) is 0 Å². The normalized spacial score (nSPS) is 20.6. The van der Waals surface area contributed by atoms with Gasteiger partial charge in [0.25, 0.3) is 0 Å². The van der Waals surface area contributed by atoms with Crippen molar-refractivity contribution in [2.24, 2.45) is 0 Å². The van der Waals surface area contributed by atoms with Crippen molar-refractivity contribution >= 4 is 16.9 Å². The third-order valence-electron chi connectivity index (χ3n) is 4.72. The Kier molecular flexibility index (Phi) is 3.40. The van der Waals surface area contributed by atoms with Crippen LogP contribution in [0.3, 0.4) is 0 Å². The molecule has 5 heteroatoms. The Bertz CT molecular complexity index is 803. The second-order valence-electron chi connectivity index (χ2n) is 5.93. The molecule has 1 heterocycles. The average Bonchev–Trinajstić information content (AvgIpc) is 2.90. The Hall–Kier alpha value is -2.35. The highest BCUT2D eigenvalue weighted by atomic mass is 19.1. The maximum Gasteiger partial charge on any atom is 0.315 e. The second kappa shape index (κ2) is 5.13. The number of benzene rings is 1. The molecule has 0 saturated heterocycles. The zero-order chi connectivity index (χ0) is 15.9. The molecule has 1 atom stereocenters. The Labute approximate surface area is 127 Å². The molecule has 4 nitrogen and oxygen atoms in total. The number of halogens is 1. The molecule has 1 aromatic heterocycles. The molecule has 0 aliphatic heterocycles. The number of nitrogens with one attached hydrogen (secondary N) is 1. The summed E-state index contributed by atoms with van der Waals surface area (Å²) in [4.78, 5) is 15.0. The lowest BCUT2D eigenvalue weighted by molar-refractivity contribution is -0.145. The van der Waals surface area contributed by atoms with Crippen LogP contribution in [-0.4, -0.2) is 16.1 Å². The first kappa shape index (κ1) is 14.6. The lowest BCUT2D eigenvalue weighted by atomic mass is 9.70. The summed E-state index contributed by atoms with van der Waals surface area (Å²) in [5.74, 6) is -1.32. The van der Waals surface area contributed by atoms with Gasteiger partial charge < -0.3 is 10.1 Å². The number of rotatable bonds is 3. The number of nitriles is 1. The van der Waals surface area contributed by atoms with Crippen molar-refractivity contribution in [3.05, 3.63) is 34.8 Å². The molecule has 0 bridgehead atoms. The molecule has 1 aliphatic rings. The first-order chi connectivity index (χ1) is 10.5. The molecule has 22 heavy (non-hydrogen) atoms. The maximum atomic E-state index is 14.1. The summed E-state index contributed by atoms with van der Waals surface area (Å²) in [6.07, 6.45) is 3.18. The van der Waals surface area contributed by atoms with E-state index in [0.29, 0.717) is 35.9 Å². The van der Waals surface area contributed by atoms with Crippen LogP contribution in [-0.2, 0) is 16.6 Å². The number of nitrogens with zero attached hydrogens (tertiary/aromatic N) is 1. The molecular formula is C17H17FN2O2. The largest absolute Gasteiger partial charge is 0.481 e. The van der Waals surface area contributed by atoms with Gasteiger partial charge in [0.15, 0.2) is 0 Å². The summed E-state index contributed by atoms with van der Waals surface area (Å²) in [5, 5.41) is 19.6. The van der Waals surface area contributed by atoms with E-state index in [9.17, 15) is 19.6 Å². The van der Waals surface area contributed by atoms with E-state index < -0.39 is 17.2 Å². The van der Waals surface area contributed by atoms with E-state index in [0.717, 1.165) is 18.4 Å². The van der Waals surface area contributed by atoms with Gasteiger partial charge in [0.1, 0.15) is 11.2 Å². The number of aromatic nitrogens is 1. The molecule has 1 unspecified atom stereocenters. The number of carbonyl (C=O) groups is 1. The van der Waals surface area contributed by atoms with Gasteiger partial charge in [-0.2, -0.15) is 5.26 Å². The average molecular weight is 300 g/mol. The molecule has 1 aromatic carbocycles. The predicted molar refractivity (Wildman–Crippen MR) is 80.1 cm³/mol. The van der Waals surface area contributed by atoms with Crippen LogP contribution < -0.4 is 0 Å². The highest BCUT2D eigenvalue weighted by Gasteiger charge is 2.45. The van der Waals surface area contributed by atoms with Crippen molar-refractivity contribution in [3.8, 4) is 6.07 Å². The van der Waals surface area contributed by atoms with Gasteiger partial charge in [-0.25, -0.2) is 4.39 Å². The van der Waals surface area contributed by atoms with Gasteiger partial charge in [0, 0.05) is 11.1 Å². The van der Waals surface area contributed by atoms with E-state index in [4.69, 9.17) is 0 Å². The molecule has 0 fully saturated rings. The first-order valence-corrected chi connectivity index (χ1v) is 7.52. The minimum absolute atomic E-state index is 0.257. The number of fused-ring (bicyclic) bond motifs is 3. The van der Waals surface area contributed by atoms with Crippen LogP contribution in [0.5, 0.6) is 0 Å². The number of aliphatic carboxylic acids is 1. The number of carboxylic acid groups (broad SMARTS) is 1. The zero-order valence-corrected chi connectivity index (χ0v) is 12.4. The van der Waals surface area contributed by atoms with Crippen molar-refractivity contribution in [3.63, 3.8) is 0 Å². The number of carboxylic acids is 1. The summed E-state index contributed by atoms with van der Waals surface area (Å²) in [5.41, 5.74) is 1.04. The van der Waals surface area contributed by atoms with Crippen molar-refractivity contribution < 1.29 is 14.3 Å². The molecule has 3 rings (SSSR count). The summed E-state index contributed by atoms with van der Waals surface area (Å²) in [6, 6.07) is 4.80. The van der Waals surface area contributed by atoms with Crippen LogP contribution >= 0.6 is 0 Å². The Morgan fingerprint density at radius 3 is 2.95 bits per heavy atom. The third-order valence-corrected chi connectivity index (χ3v) is 4.72. The van der Waals surface area contributed by atoms with Gasteiger partial charge in [0.05, 0.1) is 17.1 Å². The zero-order valence-electron chi connectivity index (χ0n) is 12.4. The van der Waals surface area contributed by atoms with Crippen molar-refractivity contribution in [2.75, 3.05) is 0 Å². The number of hydrogen-bond acceptors (Lipinski definition) is 2. The minimum Gasteiger partial charge on any atom is -0.481 e. The molecule has 114 valence electrons. The molecule has 1 aliphatic carbocycles. The molecular weight excluding hydrogens is 283 g/mol. The first-order valence-electron chi connectivity index (χ1n) is 7.52. The fraction of sp³-hybridized carbons (Fsp3) is 0.412. The molecule has 2 aromatic rings. The Balaban J connectivity index is 2.38. The van der Waals surface area contributed by atoms with Crippen molar-refractivity contribution in [1.82, 2.24) is 4.98 Å². The smallest absolute Gasteiger partial charge is 0.315 e. The number of aryl methyl sites for hydroxylation is 1. The van der Waals surface area contributed by atoms with Crippen molar-refractivity contribution in [1.29, 1.82) is 5.26 Å².